The minimum absolute atomic E-state index is 0.231. The van der Waals surface area contributed by atoms with E-state index in [2.05, 4.69) is 13.8 Å². The van der Waals surface area contributed by atoms with Gasteiger partial charge in [-0.3, -0.25) is 0 Å². The summed E-state index contributed by atoms with van der Waals surface area (Å²) >= 11 is 0. The van der Waals surface area contributed by atoms with Crippen molar-refractivity contribution < 1.29 is 14.2 Å². The van der Waals surface area contributed by atoms with E-state index in [1.54, 1.807) is 0 Å². The average Bonchev–Trinajstić information content (AvgIpc) is 2.49. The van der Waals surface area contributed by atoms with E-state index >= 15 is 0 Å². The molecule has 20 heavy (non-hydrogen) atoms. The van der Waals surface area contributed by atoms with Crippen molar-refractivity contribution in [1.82, 2.24) is 0 Å². The molecule has 0 amide bonds. The summed E-state index contributed by atoms with van der Waals surface area (Å²) in [5.41, 5.74) is 1.07. The van der Waals surface area contributed by atoms with Gasteiger partial charge in [0.25, 0.3) is 0 Å². The van der Waals surface area contributed by atoms with Crippen LogP contribution in [0.25, 0.3) is 0 Å². The molecule has 1 aliphatic rings. The van der Waals surface area contributed by atoms with Gasteiger partial charge in [-0.2, -0.15) is 0 Å². The normalized spacial score (nSPS) is 26.4. The molecule has 0 aromatic heterocycles. The van der Waals surface area contributed by atoms with Crippen LogP contribution in [-0.4, -0.2) is 19.3 Å². The van der Waals surface area contributed by atoms with Crippen LogP contribution >= 0.6 is 0 Å². The predicted octanol–water partition coefficient (Wildman–Crippen LogP) is 4.33. The van der Waals surface area contributed by atoms with E-state index in [9.17, 15) is 0 Å². The molecular weight excluding hydrogens is 252 g/mol. The third-order valence-electron chi connectivity index (χ3n) is 3.85. The summed E-state index contributed by atoms with van der Waals surface area (Å²) < 4.78 is 17.5. The molecule has 1 aliphatic heterocycles. The molecule has 2 rings (SSSR count). The molecule has 3 heteroatoms. The molecule has 0 aliphatic carbocycles. The van der Waals surface area contributed by atoms with Gasteiger partial charge in [0.15, 0.2) is 6.29 Å². The summed E-state index contributed by atoms with van der Waals surface area (Å²) in [6.45, 7) is 7.88. The van der Waals surface area contributed by atoms with Crippen LogP contribution in [0.1, 0.15) is 51.9 Å². The SMILES string of the molecule is CCC[C@@H]1O[C@@H](c2ccc(OCC)cc2)OC[C@@H]1CC. The van der Waals surface area contributed by atoms with Crippen molar-refractivity contribution in [1.29, 1.82) is 0 Å². The molecule has 3 nitrogen and oxygen atoms in total. The molecule has 0 saturated carbocycles. The van der Waals surface area contributed by atoms with Crippen molar-refractivity contribution in [2.45, 2.75) is 52.4 Å². The minimum atomic E-state index is -0.231. The third kappa shape index (κ3) is 3.74. The van der Waals surface area contributed by atoms with Crippen LogP contribution in [0.5, 0.6) is 5.75 Å². The Kier molecular flexibility index (Phi) is 5.86. The highest BCUT2D eigenvalue weighted by Gasteiger charge is 2.30. The molecule has 0 radical (unpaired) electrons. The first-order valence-corrected chi connectivity index (χ1v) is 7.78. The quantitative estimate of drug-likeness (QED) is 0.775. The zero-order valence-electron chi connectivity index (χ0n) is 12.8. The van der Waals surface area contributed by atoms with E-state index in [1.807, 2.05) is 31.2 Å². The third-order valence-corrected chi connectivity index (χ3v) is 3.85. The fraction of sp³-hybridized carbons (Fsp3) is 0.647. The van der Waals surface area contributed by atoms with Crippen LogP contribution in [-0.2, 0) is 9.47 Å². The lowest BCUT2D eigenvalue weighted by Gasteiger charge is -2.36. The Morgan fingerprint density at radius 1 is 1.15 bits per heavy atom. The van der Waals surface area contributed by atoms with E-state index in [-0.39, 0.29) is 6.29 Å². The summed E-state index contributed by atoms with van der Waals surface area (Å²) in [5, 5.41) is 0. The molecule has 1 aromatic rings. The lowest BCUT2D eigenvalue weighted by molar-refractivity contribution is -0.243. The molecule has 1 aromatic carbocycles. The highest BCUT2D eigenvalue weighted by molar-refractivity contribution is 5.28. The Balaban J connectivity index is 2.01. The number of rotatable bonds is 6. The van der Waals surface area contributed by atoms with Gasteiger partial charge in [-0.15, -0.1) is 0 Å². The van der Waals surface area contributed by atoms with Crippen LogP contribution in [0, 0.1) is 5.92 Å². The van der Waals surface area contributed by atoms with Gasteiger partial charge in [-0.05, 0) is 31.9 Å². The van der Waals surface area contributed by atoms with E-state index < -0.39 is 0 Å². The maximum atomic E-state index is 6.15. The monoisotopic (exact) mass is 278 g/mol. The molecule has 0 spiro atoms. The van der Waals surface area contributed by atoms with Crippen molar-refractivity contribution in [3.63, 3.8) is 0 Å². The molecule has 1 fully saturated rings. The van der Waals surface area contributed by atoms with Crippen LogP contribution in [0.4, 0.5) is 0 Å². The Morgan fingerprint density at radius 2 is 1.90 bits per heavy atom. The van der Waals surface area contributed by atoms with Gasteiger partial charge in [0.2, 0.25) is 0 Å². The Hall–Kier alpha value is -1.06. The summed E-state index contributed by atoms with van der Waals surface area (Å²) in [7, 11) is 0. The second-order valence-corrected chi connectivity index (χ2v) is 5.30. The molecule has 3 atom stereocenters. The van der Waals surface area contributed by atoms with Gasteiger partial charge in [0.05, 0.1) is 19.3 Å². The zero-order chi connectivity index (χ0) is 14.4. The van der Waals surface area contributed by atoms with Crippen LogP contribution in [0.2, 0.25) is 0 Å². The molecule has 0 unspecified atom stereocenters. The Morgan fingerprint density at radius 3 is 2.50 bits per heavy atom. The largest absolute Gasteiger partial charge is 0.494 e. The summed E-state index contributed by atoms with van der Waals surface area (Å²) in [6, 6.07) is 8.02. The molecule has 112 valence electrons. The van der Waals surface area contributed by atoms with E-state index in [0.717, 1.165) is 37.2 Å². The van der Waals surface area contributed by atoms with Crippen LogP contribution in [0.3, 0.4) is 0 Å². The Labute approximate surface area is 122 Å². The number of hydrogen-bond acceptors (Lipinski definition) is 3. The fourth-order valence-corrected chi connectivity index (χ4v) is 2.66. The van der Waals surface area contributed by atoms with Crippen LogP contribution < -0.4 is 4.74 Å². The van der Waals surface area contributed by atoms with Crippen molar-refractivity contribution in [2.24, 2.45) is 5.92 Å². The predicted molar refractivity (Wildman–Crippen MR) is 79.9 cm³/mol. The number of benzene rings is 1. The van der Waals surface area contributed by atoms with Gasteiger partial charge >= 0.3 is 0 Å². The molecule has 0 bridgehead atoms. The van der Waals surface area contributed by atoms with Crippen LogP contribution in [0.15, 0.2) is 24.3 Å². The topological polar surface area (TPSA) is 27.7 Å². The van der Waals surface area contributed by atoms with Gasteiger partial charge in [0.1, 0.15) is 5.75 Å². The van der Waals surface area contributed by atoms with Gasteiger partial charge < -0.3 is 14.2 Å². The first kappa shape index (κ1) is 15.3. The van der Waals surface area contributed by atoms with Crippen molar-refractivity contribution in [3.8, 4) is 5.75 Å². The second-order valence-electron chi connectivity index (χ2n) is 5.30. The first-order chi connectivity index (χ1) is 9.78. The highest BCUT2D eigenvalue weighted by atomic mass is 16.7. The van der Waals surface area contributed by atoms with E-state index in [0.29, 0.717) is 18.6 Å². The molecular formula is C17H26O3. The lowest BCUT2D eigenvalue weighted by atomic mass is 9.95. The first-order valence-electron chi connectivity index (χ1n) is 7.78. The van der Waals surface area contributed by atoms with E-state index in [1.165, 1.54) is 0 Å². The number of ether oxygens (including phenoxy) is 3. The summed E-state index contributed by atoms with van der Waals surface area (Å²) in [6.07, 6.45) is 3.45. The van der Waals surface area contributed by atoms with E-state index in [4.69, 9.17) is 14.2 Å². The summed E-state index contributed by atoms with van der Waals surface area (Å²) in [5.74, 6) is 1.41. The lowest BCUT2D eigenvalue weighted by Crippen LogP contribution is -2.35. The zero-order valence-corrected chi connectivity index (χ0v) is 12.8. The highest BCUT2D eigenvalue weighted by Crippen LogP contribution is 2.33. The Bertz CT molecular complexity index is 388. The van der Waals surface area contributed by atoms with Gasteiger partial charge in [-0.25, -0.2) is 0 Å². The van der Waals surface area contributed by atoms with Gasteiger partial charge in [0, 0.05) is 11.5 Å². The number of hydrogen-bond donors (Lipinski definition) is 0. The summed E-state index contributed by atoms with van der Waals surface area (Å²) in [4.78, 5) is 0. The molecule has 1 heterocycles. The second kappa shape index (κ2) is 7.65. The molecule has 1 saturated heterocycles. The van der Waals surface area contributed by atoms with Crippen molar-refractivity contribution >= 4 is 0 Å². The average molecular weight is 278 g/mol. The maximum Gasteiger partial charge on any atom is 0.184 e. The smallest absolute Gasteiger partial charge is 0.184 e. The minimum Gasteiger partial charge on any atom is -0.494 e. The van der Waals surface area contributed by atoms with Crippen molar-refractivity contribution in [2.75, 3.05) is 13.2 Å². The van der Waals surface area contributed by atoms with Crippen molar-refractivity contribution in [3.05, 3.63) is 29.8 Å². The van der Waals surface area contributed by atoms with Gasteiger partial charge in [-0.1, -0.05) is 32.4 Å². The standard InChI is InChI=1S/C17H26O3/c1-4-7-16-13(5-2)12-19-17(20-16)14-8-10-15(11-9-14)18-6-3/h8-11,13,16-17H,4-7,12H2,1-3H3/t13-,16-,17-/m0/s1. The fourth-order valence-electron chi connectivity index (χ4n) is 2.66. The maximum absolute atomic E-state index is 6.15. The molecule has 0 N–H and O–H groups in total.